The van der Waals surface area contributed by atoms with Crippen molar-refractivity contribution in [2.75, 3.05) is 40.4 Å². The van der Waals surface area contributed by atoms with Crippen LogP contribution in [0.15, 0.2) is 41.3 Å². The van der Waals surface area contributed by atoms with Crippen molar-refractivity contribution in [3.8, 4) is 0 Å². The summed E-state index contributed by atoms with van der Waals surface area (Å²) in [6, 6.07) is 7.45. The highest BCUT2D eigenvalue weighted by Gasteiger charge is 2.56. The number of alkyl halides is 2. The number of aliphatic hydroxyl groups excluding tert-OH is 1. The molecule has 2 bridgehead atoms. The van der Waals surface area contributed by atoms with Crippen molar-refractivity contribution in [1.29, 1.82) is 0 Å². The smallest absolute Gasteiger partial charge is 0.274 e. The normalized spacial score (nSPS) is 26.1. The van der Waals surface area contributed by atoms with Crippen LogP contribution in [0.5, 0.6) is 0 Å². The summed E-state index contributed by atoms with van der Waals surface area (Å²) in [5, 5.41) is 11.8. The third-order valence-corrected chi connectivity index (χ3v) is 10.9. The highest BCUT2D eigenvalue weighted by Crippen LogP contribution is 2.56. The number of amides is 1. The number of hydrogen-bond donors (Lipinski definition) is 3. The average Bonchev–Trinajstić information content (AvgIpc) is 3.67. The number of pyridine rings is 1. The van der Waals surface area contributed by atoms with Gasteiger partial charge in [-0.1, -0.05) is 0 Å². The monoisotopic (exact) mass is 590 g/mol. The zero-order chi connectivity index (χ0) is 29.0. The van der Waals surface area contributed by atoms with Crippen LogP contribution in [0.2, 0.25) is 0 Å². The molecular weight excluding hydrogens is 554 g/mol. The number of carbonyl (C=O) groups excluding carboxylic acids is 1. The maximum absolute atomic E-state index is 14.5. The molecule has 1 amide bonds. The number of carbonyl (C=O) groups is 1. The first-order chi connectivity index (χ1) is 19.5. The van der Waals surface area contributed by atoms with E-state index in [2.05, 4.69) is 14.9 Å². The maximum atomic E-state index is 14.5. The number of nitrogens with zero attached hydrogens (tertiary/aromatic N) is 2. The fraction of sp³-hybridized carbons (Fsp3) is 0.586. The lowest BCUT2D eigenvalue weighted by Crippen LogP contribution is -2.40. The molecule has 4 fully saturated rings. The summed E-state index contributed by atoms with van der Waals surface area (Å²) in [5.41, 5.74) is 1.16. The summed E-state index contributed by atoms with van der Waals surface area (Å²) in [6.45, 7) is 0.927. The minimum absolute atomic E-state index is 0.0661. The number of aromatic nitrogens is 1. The quantitative estimate of drug-likeness (QED) is 0.424. The summed E-state index contributed by atoms with van der Waals surface area (Å²) in [7, 11) is -3.76. The number of benzene rings is 1. The first kappa shape index (κ1) is 28.1. The van der Waals surface area contributed by atoms with Crippen LogP contribution >= 0.6 is 0 Å². The van der Waals surface area contributed by atoms with E-state index in [0.29, 0.717) is 29.5 Å². The number of nitrogens with one attached hydrogen (secondary N) is 2. The number of sulfonamides is 1. The van der Waals surface area contributed by atoms with E-state index < -0.39 is 51.6 Å². The summed E-state index contributed by atoms with van der Waals surface area (Å²) in [5.74, 6) is -5.11. The van der Waals surface area contributed by atoms with Crippen molar-refractivity contribution < 1.29 is 27.1 Å². The van der Waals surface area contributed by atoms with Crippen molar-refractivity contribution in [3.63, 3.8) is 0 Å². The molecule has 2 heterocycles. The Morgan fingerprint density at radius 1 is 1.05 bits per heavy atom. The average molecular weight is 591 g/mol. The topological polar surface area (TPSA) is 121 Å². The molecular formula is C29H36F2N4O5S. The molecule has 222 valence electrons. The van der Waals surface area contributed by atoms with Gasteiger partial charge in [-0.3, -0.25) is 14.3 Å². The van der Waals surface area contributed by atoms with Gasteiger partial charge in [0.25, 0.3) is 17.4 Å². The van der Waals surface area contributed by atoms with Crippen molar-refractivity contribution in [1.82, 2.24) is 4.57 Å². The maximum Gasteiger partial charge on any atom is 0.274 e. The highest BCUT2D eigenvalue weighted by atomic mass is 32.2. The fourth-order valence-electron chi connectivity index (χ4n) is 7.03. The molecule has 2 atom stereocenters. The lowest BCUT2D eigenvalue weighted by molar-refractivity contribution is -0.108. The van der Waals surface area contributed by atoms with Gasteiger partial charge < -0.3 is 19.9 Å². The van der Waals surface area contributed by atoms with E-state index in [4.69, 9.17) is 5.11 Å². The second-order valence-electron chi connectivity index (χ2n) is 12.2. The van der Waals surface area contributed by atoms with E-state index >= 15 is 0 Å². The largest absolute Gasteiger partial charge is 0.395 e. The van der Waals surface area contributed by atoms with Crippen molar-refractivity contribution in [2.24, 2.45) is 17.3 Å². The van der Waals surface area contributed by atoms with E-state index in [9.17, 15) is 26.8 Å². The highest BCUT2D eigenvalue weighted by molar-refractivity contribution is 7.92. The van der Waals surface area contributed by atoms with Gasteiger partial charge in [-0.2, -0.15) is 0 Å². The lowest BCUT2D eigenvalue weighted by Gasteiger charge is -2.36. The molecule has 0 radical (unpaired) electrons. The second kappa shape index (κ2) is 10.4. The van der Waals surface area contributed by atoms with Crippen molar-refractivity contribution in [2.45, 2.75) is 63.3 Å². The summed E-state index contributed by atoms with van der Waals surface area (Å²) in [6.07, 6.45) is 7.37. The fourth-order valence-corrected chi connectivity index (χ4v) is 7.86. The van der Waals surface area contributed by atoms with Crippen LogP contribution in [0.1, 0.15) is 67.8 Å². The predicted molar refractivity (Wildman–Crippen MR) is 152 cm³/mol. The SMILES string of the molecule is O=C(Nc1cccn(C2CC3CCC(C2)C3(F)F)c1=O)c1ccc(NS(=O)(=O)CCO)cc1N1CCC2(CC1)CC2. The Hall–Kier alpha value is -2.99. The first-order valence-electron chi connectivity index (χ1n) is 14.4. The number of halogens is 2. The third-order valence-electron chi connectivity index (χ3n) is 9.68. The summed E-state index contributed by atoms with van der Waals surface area (Å²) < 4.78 is 57.5. The van der Waals surface area contributed by atoms with Crippen molar-refractivity contribution >= 4 is 33.0 Å². The molecule has 12 heteroatoms. The molecule has 4 aliphatic rings. The van der Waals surface area contributed by atoms with Crippen LogP contribution < -0.4 is 20.5 Å². The number of hydrogen-bond acceptors (Lipinski definition) is 6. The number of piperidine rings is 1. The van der Waals surface area contributed by atoms with Crippen LogP contribution in [-0.4, -0.2) is 55.4 Å². The second-order valence-corrected chi connectivity index (χ2v) is 14.1. The zero-order valence-corrected chi connectivity index (χ0v) is 23.6. The Labute approximate surface area is 238 Å². The number of fused-ring (bicyclic) bond motifs is 2. The van der Waals surface area contributed by atoms with Gasteiger partial charge >= 0.3 is 0 Å². The van der Waals surface area contributed by atoms with E-state index in [0.717, 1.165) is 25.9 Å². The van der Waals surface area contributed by atoms with Gasteiger partial charge in [0, 0.05) is 37.2 Å². The van der Waals surface area contributed by atoms with Crippen LogP contribution in [0.4, 0.5) is 25.8 Å². The Kier molecular flexibility index (Phi) is 7.12. The van der Waals surface area contributed by atoms with Crippen LogP contribution in [0.3, 0.4) is 0 Å². The molecule has 2 aromatic rings. The summed E-state index contributed by atoms with van der Waals surface area (Å²) in [4.78, 5) is 29.1. The Bertz CT molecular complexity index is 1480. The molecule has 1 aromatic heterocycles. The zero-order valence-electron chi connectivity index (χ0n) is 22.8. The van der Waals surface area contributed by atoms with E-state index in [1.54, 1.807) is 18.3 Å². The minimum Gasteiger partial charge on any atom is -0.395 e. The Morgan fingerprint density at radius 3 is 2.37 bits per heavy atom. The molecule has 3 N–H and O–H groups in total. The molecule has 3 saturated carbocycles. The molecule has 9 nitrogen and oxygen atoms in total. The van der Waals surface area contributed by atoms with Crippen LogP contribution in [0, 0.1) is 17.3 Å². The molecule has 1 spiro atoms. The van der Waals surface area contributed by atoms with E-state index in [1.807, 2.05) is 0 Å². The molecule has 1 saturated heterocycles. The van der Waals surface area contributed by atoms with Gasteiger partial charge in [0.1, 0.15) is 5.69 Å². The third kappa shape index (κ3) is 5.48. The minimum atomic E-state index is -3.76. The molecule has 6 rings (SSSR count). The van der Waals surface area contributed by atoms with Crippen LogP contribution in [-0.2, 0) is 10.0 Å². The predicted octanol–water partition coefficient (Wildman–Crippen LogP) is 4.21. The van der Waals surface area contributed by atoms with E-state index in [1.165, 1.54) is 35.6 Å². The molecule has 41 heavy (non-hydrogen) atoms. The van der Waals surface area contributed by atoms with Gasteiger partial charge in [-0.15, -0.1) is 0 Å². The first-order valence-corrected chi connectivity index (χ1v) is 16.1. The molecule has 2 unspecified atom stereocenters. The Balaban J connectivity index is 1.26. The van der Waals surface area contributed by atoms with Crippen molar-refractivity contribution in [3.05, 3.63) is 52.4 Å². The molecule has 3 aliphatic carbocycles. The van der Waals surface area contributed by atoms with Gasteiger partial charge in [0.05, 0.1) is 29.3 Å². The number of rotatable bonds is 8. The van der Waals surface area contributed by atoms with Crippen LogP contribution in [0.25, 0.3) is 0 Å². The lowest BCUT2D eigenvalue weighted by atomic mass is 9.82. The number of anilines is 3. The molecule has 1 aromatic carbocycles. The van der Waals surface area contributed by atoms with E-state index in [-0.39, 0.29) is 30.3 Å². The van der Waals surface area contributed by atoms with Gasteiger partial charge in [-0.05, 0) is 87.1 Å². The standard InChI is InChI=1S/C29H36F2N4O5S/c30-29(31)19-3-4-20(29)17-22(16-19)35-11-1-2-24(27(35)38)32-26(37)23-6-5-21(33-41(39,40)15-14-36)18-25(23)34-12-9-28(7-8-28)10-13-34/h1-2,5-6,11,18-20,22,33,36H,3-4,7-10,12-17H2,(H,32,37). The van der Waals surface area contributed by atoms with Gasteiger partial charge in [0.15, 0.2) is 0 Å². The van der Waals surface area contributed by atoms with Gasteiger partial charge in [-0.25, -0.2) is 17.2 Å². The van der Waals surface area contributed by atoms with Gasteiger partial charge in [0.2, 0.25) is 10.0 Å². The Morgan fingerprint density at radius 2 is 1.73 bits per heavy atom. The summed E-state index contributed by atoms with van der Waals surface area (Å²) >= 11 is 0. The molecule has 1 aliphatic heterocycles. The number of aliphatic hydroxyl groups is 1.